The van der Waals surface area contributed by atoms with Crippen LogP contribution in [0, 0.1) is 0 Å². The van der Waals surface area contributed by atoms with Gasteiger partial charge in [0.2, 0.25) is 0 Å². The lowest BCUT2D eigenvalue weighted by Gasteiger charge is -2.09. The summed E-state index contributed by atoms with van der Waals surface area (Å²) in [5.74, 6) is -1.53. The van der Waals surface area contributed by atoms with E-state index in [0.29, 0.717) is 10.0 Å². The van der Waals surface area contributed by atoms with E-state index < -0.39 is 15.8 Å². The molecule has 0 saturated heterocycles. The zero-order chi connectivity index (χ0) is 15.6. The van der Waals surface area contributed by atoms with Crippen molar-refractivity contribution in [3.8, 4) is 0 Å². The van der Waals surface area contributed by atoms with E-state index >= 15 is 0 Å². The summed E-state index contributed by atoms with van der Waals surface area (Å²) < 4.78 is 26.3. The summed E-state index contributed by atoms with van der Waals surface area (Å²) >= 11 is 6.45. The maximum Gasteiger partial charge on any atom is 0.337 e. The summed E-state index contributed by atoms with van der Waals surface area (Å²) in [6.07, 6.45) is 0. The summed E-state index contributed by atoms with van der Waals surface area (Å²) in [7, 11) is -3.76. The molecule has 2 rings (SSSR count). The number of sulfone groups is 1. The van der Waals surface area contributed by atoms with Gasteiger partial charge in [0.25, 0.3) is 0 Å². The minimum absolute atomic E-state index is 0.190. The molecule has 0 unspecified atom stereocenters. The number of aromatic carboxylic acids is 1. The first-order chi connectivity index (χ1) is 9.79. The minimum Gasteiger partial charge on any atom is -0.478 e. The maximum absolute atomic E-state index is 12.5. The lowest BCUT2D eigenvalue weighted by Crippen LogP contribution is -2.11. The van der Waals surface area contributed by atoms with Gasteiger partial charge in [-0.25, -0.2) is 13.2 Å². The molecule has 7 heteroatoms. The molecule has 4 nitrogen and oxygen atoms in total. The SMILES string of the molecule is O=C(O)c1ccc(Br)cc1S(=O)(=O)Cc1cccc(Br)c1. The van der Waals surface area contributed by atoms with Crippen LogP contribution in [0.15, 0.2) is 56.3 Å². The smallest absolute Gasteiger partial charge is 0.337 e. The third kappa shape index (κ3) is 3.93. The molecular formula is C14H10Br2O4S. The van der Waals surface area contributed by atoms with E-state index in [4.69, 9.17) is 5.11 Å². The van der Waals surface area contributed by atoms with Crippen molar-refractivity contribution in [1.82, 2.24) is 0 Å². The van der Waals surface area contributed by atoms with Crippen molar-refractivity contribution in [2.45, 2.75) is 10.6 Å². The van der Waals surface area contributed by atoms with E-state index in [9.17, 15) is 13.2 Å². The van der Waals surface area contributed by atoms with E-state index in [2.05, 4.69) is 31.9 Å². The number of rotatable bonds is 4. The third-order valence-corrected chi connectivity index (χ3v) is 5.46. The van der Waals surface area contributed by atoms with Gasteiger partial charge in [-0.15, -0.1) is 0 Å². The molecule has 1 N–H and O–H groups in total. The Hall–Kier alpha value is -1.18. The molecule has 2 aromatic carbocycles. The van der Waals surface area contributed by atoms with Crippen LogP contribution in [0.1, 0.15) is 15.9 Å². The van der Waals surface area contributed by atoms with Gasteiger partial charge in [0, 0.05) is 8.95 Å². The molecule has 0 fully saturated rings. The van der Waals surface area contributed by atoms with Gasteiger partial charge in [-0.05, 0) is 35.9 Å². The van der Waals surface area contributed by atoms with Crippen LogP contribution in [0.25, 0.3) is 0 Å². The first-order valence-electron chi connectivity index (χ1n) is 5.79. The number of hydrogen-bond acceptors (Lipinski definition) is 3. The van der Waals surface area contributed by atoms with Crippen LogP contribution in [0.5, 0.6) is 0 Å². The summed E-state index contributed by atoms with van der Waals surface area (Å²) in [6, 6.07) is 11.0. The largest absolute Gasteiger partial charge is 0.478 e. The number of halogens is 2. The number of hydrogen-bond donors (Lipinski definition) is 1. The van der Waals surface area contributed by atoms with E-state index in [1.165, 1.54) is 18.2 Å². The Kier molecular flexibility index (Phi) is 4.85. The molecule has 0 aliphatic rings. The van der Waals surface area contributed by atoms with Crippen molar-refractivity contribution in [2.75, 3.05) is 0 Å². The predicted octanol–water partition coefficient (Wildman–Crippen LogP) is 3.88. The van der Waals surface area contributed by atoms with Gasteiger partial charge in [0.15, 0.2) is 9.84 Å². The van der Waals surface area contributed by atoms with Crippen LogP contribution in [0.2, 0.25) is 0 Å². The Morgan fingerprint density at radius 1 is 1.05 bits per heavy atom. The molecule has 2 aromatic rings. The standard InChI is InChI=1S/C14H10Br2O4S/c15-10-3-1-2-9(6-10)8-21(19,20)13-7-11(16)4-5-12(13)14(17)18/h1-7H,8H2,(H,17,18). The van der Waals surface area contributed by atoms with Crippen molar-refractivity contribution < 1.29 is 18.3 Å². The molecule has 0 radical (unpaired) electrons. The highest BCUT2D eigenvalue weighted by atomic mass is 79.9. The number of carbonyl (C=O) groups is 1. The summed E-state index contributed by atoms with van der Waals surface area (Å²) in [5.41, 5.74) is 0.355. The van der Waals surface area contributed by atoms with Crippen LogP contribution < -0.4 is 0 Å². The third-order valence-electron chi connectivity index (χ3n) is 2.75. The van der Waals surface area contributed by atoms with Crippen LogP contribution in [0.4, 0.5) is 0 Å². The zero-order valence-electron chi connectivity index (χ0n) is 10.6. The highest BCUT2D eigenvalue weighted by molar-refractivity contribution is 9.10. The molecule has 0 aliphatic heterocycles. The van der Waals surface area contributed by atoms with Crippen molar-refractivity contribution in [3.05, 3.63) is 62.5 Å². The van der Waals surface area contributed by atoms with Crippen molar-refractivity contribution in [3.63, 3.8) is 0 Å². The first-order valence-corrected chi connectivity index (χ1v) is 9.03. The second-order valence-electron chi connectivity index (χ2n) is 4.33. The molecule has 0 saturated carbocycles. The Bertz CT molecular complexity index is 800. The van der Waals surface area contributed by atoms with Gasteiger partial charge in [0.05, 0.1) is 16.2 Å². The van der Waals surface area contributed by atoms with Gasteiger partial charge in [0.1, 0.15) is 0 Å². The molecular weight excluding hydrogens is 424 g/mol. The fourth-order valence-corrected chi connectivity index (χ4v) is 4.38. The molecule has 0 spiro atoms. The van der Waals surface area contributed by atoms with Crippen molar-refractivity contribution in [2.24, 2.45) is 0 Å². The molecule has 0 bridgehead atoms. The highest BCUT2D eigenvalue weighted by Gasteiger charge is 2.23. The normalized spacial score (nSPS) is 11.3. The second kappa shape index (κ2) is 6.29. The van der Waals surface area contributed by atoms with Gasteiger partial charge >= 0.3 is 5.97 Å². The molecule has 0 amide bonds. The molecule has 110 valence electrons. The van der Waals surface area contributed by atoms with Gasteiger partial charge < -0.3 is 5.11 Å². The fraction of sp³-hybridized carbons (Fsp3) is 0.0714. The monoisotopic (exact) mass is 432 g/mol. The van der Waals surface area contributed by atoms with Crippen LogP contribution >= 0.6 is 31.9 Å². The summed E-state index contributed by atoms with van der Waals surface area (Å²) in [4.78, 5) is 11.0. The second-order valence-corrected chi connectivity index (χ2v) is 8.12. The number of benzene rings is 2. The average molecular weight is 434 g/mol. The van der Waals surface area contributed by atoms with Crippen LogP contribution in [-0.4, -0.2) is 19.5 Å². The quantitative estimate of drug-likeness (QED) is 0.793. The van der Waals surface area contributed by atoms with Crippen molar-refractivity contribution in [1.29, 1.82) is 0 Å². The van der Waals surface area contributed by atoms with Gasteiger partial charge in [-0.1, -0.05) is 44.0 Å². The minimum atomic E-state index is -3.76. The Balaban J connectivity index is 2.49. The molecule has 21 heavy (non-hydrogen) atoms. The maximum atomic E-state index is 12.5. The topological polar surface area (TPSA) is 71.4 Å². The molecule has 0 aliphatic carbocycles. The fourth-order valence-electron chi connectivity index (χ4n) is 1.85. The lowest BCUT2D eigenvalue weighted by molar-refractivity contribution is 0.0692. The van der Waals surface area contributed by atoms with Crippen LogP contribution in [-0.2, 0) is 15.6 Å². The summed E-state index contributed by atoms with van der Waals surface area (Å²) in [5, 5.41) is 9.14. The Morgan fingerprint density at radius 2 is 1.71 bits per heavy atom. The van der Waals surface area contributed by atoms with Crippen LogP contribution in [0.3, 0.4) is 0 Å². The van der Waals surface area contributed by atoms with E-state index in [-0.39, 0.29) is 16.2 Å². The number of carboxylic acids is 1. The average Bonchev–Trinajstić information content (AvgIpc) is 2.37. The predicted molar refractivity (Wildman–Crippen MR) is 86.1 cm³/mol. The molecule has 0 heterocycles. The van der Waals surface area contributed by atoms with Gasteiger partial charge in [-0.3, -0.25) is 0 Å². The molecule has 0 atom stereocenters. The van der Waals surface area contributed by atoms with Gasteiger partial charge in [-0.2, -0.15) is 0 Å². The lowest BCUT2D eigenvalue weighted by atomic mass is 10.2. The first kappa shape index (κ1) is 16.2. The van der Waals surface area contributed by atoms with E-state index in [0.717, 1.165) is 4.47 Å². The Morgan fingerprint density at radius 3 is 2.33 bits per heavy atom. The zero-order valence-corrected chi connectivity index (χ0v) is 14.6. The molecule has 0 aromatic heterocycles. The highest BCUT2D eigenvalue weighted by Crippen LogP contribution is 2.25. The van der Waals surface area contributed by atoms with Crippen molar-refractivity contribution >= 4 is 47.7 Å². The van der Waals surface area contributed by atoms with E-state index in [1.54, 1.807) is 24.3 Å². The van der Waals surface area contributed by atoms with E-state index in [1.807, 2.05) is 0 Å². The summed E-state index contributed by atoms with van der Waals surface area (Å²) in [6.45, 7) is 0. The Labute approximate surface area is 139 Å². The number of carboxylic acid groups (broad SMARTS) is 1.